The molecule has 3 aromatic rings. The van der Waals surface area contributed by atoms with Crippen LogP contribution < -0.4 is 10.6 Å². The molecule has 0 aliphatic carbocycles. The molecule has 9 heteroatoms. The minimum Gasteiger partial charge on any atom is -0.345 e. The van der Waals surface area contributed by atoms with Crippen LogP contribution in [-0.4, -0.2) is 38.7 Å². The predicted molar refractivity (Wildman–Crippen MR) is 109 cm³/mol. The van der Waals surface area contributed by atoms with Crippen LogP contribution in [0.2, 0.25) is 0 Å². The monoisotopic (exact) mass is 408 g/mol. The zero-order valence-corrected chi connectivity index (χ0v) is 16.4. The molecule has 2 aromatic heterocycles. The van der Waals surface area contributed by atoms with Gasteiger partial charge in [-0.25, -0.2) is 4.98 Å². The lowest BCUT2D eigenvalue weighted by atomic mass is 9.90. The fourth-order valence-corrected chi connectivity index (χ4v) is 3.34. The molecule has 0 unspecified atom stereocenters. The van der Waals surface area contributed by atoms with Gasteiger partial charge < -0.3 is 15.6 Å². The van der Waals surface area contributed by atoms with Crippen LogP contribution >= 0.6 is 24.8 Å². The standard InChI is InChI=1S/C18H20N6O.2ClH/c1-24-11-13(8-22-24)15-9-19-10-16(15)18(25)23-14-4-2-3-12(7-14)17-20-5-6-21-17;;/h2-8,11,15-16,19H,9-10H2,1H3,(H,20,21)(H,23,25);2*1H/t15-,16+;;/m1../s1. The fourth-order valence-electron chi connectivity index (χ4n) is 3.34. The smallest absolute Gasteiger partial charge is 0.229 e. The third-order valence-corrected chi connectivity index (χ3v) is 4.61. The number of nitrogens with zero attached hydrogens (tertiary/aromatic N) is 3. The lowest BCUT2D eigenvalue weighted by Gasteiger charge is -2.17. The maximum absolute atomic E-state index is 12.8. The molecule has 0 spiro atoms. The largest absolute Gasteiger partial charge is 0.345 e. The van der Waals surface area contributed by atoms with E-state index >= 15 is 0 Å². The van der Waals surface area contributed by atoms with E-state index in [9.17, 15) is 4.79 Å². The summed E-state index contributed by atoms with van der Waals surface area (Å²) < 4.78 is 1.77. The van der Waals surface area contributed by atoms with E-state index < -0.39 is 0 Å². The summed E-state index contributed by atoms with van der Waals surface area (Å²) in [4.78, 5) is 20.1. The van der Waals surface area contributed by atoms with Gasteiger partial charge >= 0.3 is 0 Å². The highest BCUT2D eigenvalue weighted by atomic mass is 35.5. The number of nitrogens with one attached hydrogen (secondary N) is 3. The van der Waals surface area contributed by atoms with Gasteiger partial charge in [-0.3, -0.25) is 9.48 Å². The SMILES string of the molecule is Cl.Cl.Cn1cc([C@H]2CNC[C@@H]2C(=O)Nc2cccc(-c3ncc[nH]3)c2)cn1. The third-order valence-electron chi connectivity index (χ3n) is 4.61. The van der Waals surface area contributed by atoms with Gasteiger partial charge in [0.1, 0.15) is 5.82 Å². The normalized spacial score (nSPS) is 18.4. The number of benzene rings is 1. The summed E-state index contributed by atoms with van der Waals surface area (Å²) in [6.07, 6.45) is 7.32. The van der Waals surface area contributed by atoms with Crippen LogP contribution in [0.4, 0.5) is 5.69 Å². The van der Waals surface area contributed by atoms with E-state index in [2.05, 4.69) is 25.7 Å². The number of carbonyl (C=O) groups excluding carboxylic acids is 1. The van der Waals surface area contributed by atoms with Gasteiger partial charge in [-0.1, -0.05) is 12.1 Å². The molecular weight excluding hydrogens is 387 g/mol. The lowest BCUT2D eigenvalue weighted by Crippen LogP contribution is -2.28. The highest BCUT2D eigenvalue weighted by molar-refractivity contribution is 5.94. The van der Waals surface area contributed by atoms with Crippen LogP contribution in [-0.2, 0) is 11.8 Å². The van der Waals surface area contributed by atoms with E-state index in [-0.39, 0.29) is 42.6 Å². The summed E-state index contributed by atoms with van der Waals surface area (Å²) in [6, 6.07) is 7.70. The Kier molecular flexibility index (Phi) is 7.01. The molecule has 1 fully saturated rings. The quantitative estimate of drug-likeness (QED) is 0.618. The number of amides is 1. The molecule has 1 aliphatic rings. The van der Waals surface area contributed by atoms with Crippen LogP contribution in [0, 0.1) is 5.92 Å². The average Bonchev–Trinajstić information content (AvgIpc) is 3.36. The molecule has 2 atom stereocenters. The lowest BCUT2D eigenvalue weighted by molar-refractivity contribution is -0.119. The second-order valence-corrected chi connectivity index (χ2v) is 6.33. The molecule has 0 saturated carbocycles. The van der Waals surface area contributed by atoms with Crippen LogP contribution in [0.25, 0.3) is 11.4 Å². The van der Waals surface area contributed by atoms with E-state index in [1.807, 2.05) is 43.7 Å². The highest BCUT2D eigenvalue weighted by Gasteiger charge is 2.34. The first-order valence-corrected chi connectivity index (χ1v) is 8.30. The summed E-state index contributed by atoms with van der Waals surface area (Å²) in [7, 11) is 1.89. The van der Waals surface area contributed by atoms with Crippen molar-refractivity contribution in [2.24, 2.45) is 13.0 Å². The summed E-state index contributed by atoms with van der Waals surface area (Å²) in [5.74, 6) is 0.834. The zero-order chi connectivity index (χ0) is 17.2. The van der Waals surface area contributed by atoms with Gasteiger partial charge in [0.05, 0.1) is 12.1 Å². The second kappa shape index (κ2) is 9.03. The molecule has 1 aromatic carbocycles. The van der Waals surface area contributed by atoms with E-state index in [0.29, 0.717) is 6.54 Å². The Bertz CT molecular complexity index is 880. The van der Waals surface area contributed by atoms with Crippen molar-refractivity contribution in [2.45, 2.75) is 5.92 Å². The minimum atomic E-state index is -0.114. The molecule has 1 amide bonds. The predicted octanol–water partition coefficient (Wildman–Crippen LogP) is 2.60. The van der Waals surface area contributed by atoms with Gasteiger partial charge in [-0.2, -0.15) is 5.10 Å². The van der Waals surface area contributed by atoms with E-state index in [1.165, 1.54) is 0 Å². The van der Waals surface area contributed by atoms with Gasteiger partial charge in [0.25, 0.3) is 0 Å². The third kappa shape index (κ3) is 4.50. The Morgan fingerprint density at radius 1 is 1.30 bits per heavy atom. The summed E-state index contributed by atoms with van der Waals surface area (Å²) in [5, 5.41) is 10.6. The van der Waals surface area contributed by atoms with Gasteiger partial charge in [-0.15, -0.1) is 24.8 Å². The van der Waals surface area contributed by atoms with Crippen molar-refractivity contribution in [3.8, 4) is 11.4 Å². The Balaban J connectivity index is 0.00000131. The second-order valence-electron chi connectivity index (χ2n) is 6.33. The molecule has 4 rings (SSSR count). The van der Waals surface area contributed by atoms with Crippen molar-refractivity contribution in [3.05, 3.63) is 54.6 Å². The van der Waals surface area contributed by atoms with Crippen LogP contribution in [0.1, 0.15) is 11.5 Å². The number of halogens is 2. The zero-order valence-electron chi connectivity index (χ0n) is 14.8. The fraction of sp³-hybridized carbons (Fsp3) is 0.278. The maximum atomic E-state index is 12.8. The van der Waals surface area contributed by atoms with Crippen LogP contribution in [0.5, 0.6) is 0 Å². The molecule has 144 valence electrons. The number of carbonyl (C=O) groups is 1. The highest BCUT2D eigenvalue weighted by Crippen LogP contribution is 2.29. The Labute approximate surface area is 169 Å². The molecule has 1 aliphatic heterocycles. The number of aromatic nitrogens is 4. The van der Waals surface area contributed by atoms with Gasteiger partial charge in [0, 0.05) is 55.9 Å². The van der Waals surface area contributed by atoms with Crippen LogP contribution in [0.15, 0.2) is 49.1 Å². The summed E-state index contributed by atoms with van der Waals surface area (Å²) in [6.45, 7) is 1.46. The summed E-state index contributed by atoms with van der Waals surface area (Å²) >= 11 is 0. The van der Waals surface area contributed by atoms with Crippen molar-refractivity contribution in [3.63, 3.8) is 0 Å². The van der Waals surface area contributed by atoms with Crippen LogP contribution in [0.3, 0.4) is 0 Å². The van der Waals surface area contributed by atoms with Crippen molar-refractivity contribution in [1.29, 1.82) is 0 Å². The molecule has 1 saturated heterocycles. The minimum absolute atomic E-state index is 0. The number of aromatic amines is 1. The van der Waals surface area contributed by atoms with E-state index in [4.69, 9.17) is 0 Å². The molecule has 3 heterocycles. The molecule has 27 heavy (non-hydrogen) atoms. The van der Waals surface area contributed by atoms with Gasteiger partial charge in [0.2, 0.25) is 5.91 Å². The Hall–Kier alpha value is -2.35. The number of rotatable bonds is 4. The number of imidazole rings is 1. The van der Waals surface area contributed by atoms with E-state index in [0.717, 1.165) is 29.2 Å². The number of aryl methyl sites for hydroxylation is 1. The Morgan fingerprint density at radius 2 is 2.15 bits per heavy atom. The van der Waals surface area contributed by atoms with Crippen molar-refractivity contribution >= 4 is 36.4 Å². The number of hydrogen-bond acceptors (Lipinski definition) is 4. The average molecular weight is 409 g/mol. The van der Waals surface area contributed by atoms with E-state index in [1.54, 1.807) is 17.1 Å². The van der Waals surface area contributed by atoms with Gasteiger partial charge in [-0.05, 0) is 17.7 Å². The Morgan fingerprint density at radius 3 is 2.85 bits per heavy atom. The van der Waals surface area contributed by atoms with Crippen molar-refractivity contribution in [1.82, 2.24) is 25.1 Å². The molecular formula is C18H22Cl2N6O. The maximum Gasteiger partial charge on any atom is 0.229 e. The molecule has 3 N–H and O–H groups in total. The number of anilines is 1. The number of H-pyrrole nitrogens is 1. The van der Waals surface area contributed by atoms with Crippen molar-refractivity contribution in [2.75, 3.05) is 18.4 Å². The van der Waals surface area contributed by atoms with Crippen molar-refractivity contribution < 1.29 is 4.79 Å². The van der Waals surface area contributed by atoms with Gasteiger partial charge in [0.15, 0.2) is 0 Å². The first-order valence-electron chi connectivity index (χ1n) is 8.30. The molecule has 7 nitrogen and oxygen atoms in total. The molecule has 0 bridgehead atoms. The summed E-state index contributed by atoms with van der Waals surface area (Å²) in [5.41, 5.74) is 2.81. The number of hydrogen-bond donors (Lipinski definition) is 3. The first-order chi connectivity index (χ1) is 12.2. The first kappa shape index (κ1) is 21.0. The topological polar surface area (TPSA) is 87.6 Å². The molecule has 0 radical (unpaired) electrons.